The lowest BCUT2D eigenvalue weighted by molar-refractivity contribution is -0.180. The summed E-state index contributed by atoms with van der Waals surface area (Å²) < 4.78 is 40.4. The second-order valence-electron chi connectivity index (χ2n) is 3.11. The van der Waals surface area contributed by atoms with Crippen molar-refractivity contribution >= 4 is 5.97 Å². The third-order valence-corrected chi connectivity index (χ3v) is 1.83. The summed E-state index contributed by atoms with van der Waals surface area (Å²) in [5, 5.41) is 0. The zero-order valence-corrected chi connectivity index (χ0v) is 8.20. The zero-order chi connectivity index (χ0) is 12.2. The Morgan fingerprint density at radius 3 is 2.38 bits per heavy atom. The van der Waals surface area contributed by atoms with Gasteiger partial charge >= 0.3 is 12.1 Å². The van der Waals surface area contributed by atoms with Crippen molar-refractivity contribution in [3.63, 3.8) is 0 Å². The predicted octanol–water partition coefficient (Wildman–Crippen LogP) is 1.62. The molecular weight excluding hydrogens is 223 g/mol. The minimum atomic E-state index is -4.77. The Hall–Kier alpha value is -1.56. The van der Waals surface area contributed by atoms with Crippen LogP contribution >= 0.6 is 0 Å². The van der Waals surface area contributed by atoms with Gasteiger partial charge < -0.3 is 10.5 Å². The number of nitrogens with two attached hydrogens (primary N) is 1. The topological polar surface area (TPSA) is 52.3 Å². The molecule has 0 bridgehead atoms. The van der Waals surface area contributed by atoms with Crippen LogP contribution in [0.2, 0.25) is 0 Å². The molecule has 3 nitrogen and oxygen atoms in total. The number of halogens is 3. The van der Waals surface area contributed by atoms with Crippen LogP contribution in [0.25, 0.3) is 0 Å². The molecule has 0 fully saturated rings. The first-order chi connectivity index (χ1) is 7.41. The van der Waals surface area contributed by atoms with Crippen LogP contribution in [-0.2, 0) is 16.1 Å². The Labute approximate surface area is 90.0 Å². The van der Waals surface area contributed by atoms with Gasteiger partial charge in [-0.05, 0) is 5.56 Å². The van der Waals surface area contributed by atoms with Crippen molar-refractivity contribution in [1.82, 2.24) is 0 Å². The number of hydrogen-bond donors (Lipinski definition) is 1. The number of carbonyl (C=O) groups is 1. The molecule has 0 spiro atoms. The number of hydrogen-bond acceptors (Lipinski definition) is 3. The maximum atomic E-state index is 12.0. The first-order valence-corrected chi connectivity index (χ1v) is 4.44. The molecule has 0 saturated carbocycles. The second-order valence-corrected chi connectivity index (χ2v) is 3.11. The van der Waals surface area contributed by atoms with E-state index in [1.54, 1.807) is 30.3 Å². The summed E-state index contributed by atoms with van der Waals surface area (Å²) in [5.41, 5.74) is 5.26. The maximum Gasteiger partial charge on any atom is 0.414 e. The van der Waals surface area contributed by atoms with Gasteiger partial charge in [0.05, 0.1) is 0 Å². The molecule has 2 N–H and O–H groups in total. The second kappa shape index (κ2) is 4.98. The number of benzene rings is 1. The maximum absolute atomic E-state index is 12.0. The van der Waals surface area contributed by atoms with Crippen LogP contribution in [0.15, 0.2) is 30.3 Å². The number of ether oxygens (including phenoxy) is 1. The van der Waals surface area contributed by atoms with Gasteiger partial charge in [0.1, 0.15) is 6.61 Å². The van der Waals surface area contributed by atoms with Gasteiger partial charge in [-0.1, -0.05) is 30.3 Å². The third-order valence-electron chi connectivity index (χ3n) is 1.83. The van der Waals surface area contributed by atoms with Crippen molar-refractivity contribution in [1.29, 1.82) is 0 Å². The molecule has 0 aromatic heterocycles. The molecule has 1 rings (SSSR count). The number of rotatable bonds is 3. The number of esters is 1. The van der Waals surface area contributed by atoms with Crippen molar-refractivity contribution in [2.75, 3.05) is 0 Å². The molecular formula is C10H10F3NO2. The van der Waals surface area contributed by atoms with Crippen LogP contribution in [0.1, 0.15) is 5.56 Å². The Morgan fingerprint density at radius 2 is 1.88 bits per heavy atom. The van der Waals surface area contributed by atoms with E-state index >= 15 is 0 Å². The SMILES string of the molecule is NC(C(=O)OCc1ccccc1)C(F)(F)F. The van der Waals surface area contributed by atoms with Crippen LogP contribution in [0, 0.1) is 0 Å². The highest BCUT2D eigenvalue weighted by Crippen LogP contribution is 2.19. The van der Waals surface area contributed by atoms with Crippen LogP contribution in [0.3, 0.4) is 0 Å². The Morgan fingerprint density at radius 1 is 1.31 bits per heavy atom. The average Bonchev–Trinajstić information content (AvgIpc) is 2.25. The molecule has 6 heteroatoms. The number of carbonyl (C=O) groups excluding carboxylic acids is 1. The van der Waals surface area contributed by atoms with E-state index in [9.17, 15) is 18.0 Å². The van der Waals surface area contributed by atoms with Gasteiger partial charge in [-0.3, -0.25) is 0 Å². The highest BCUT2D eigenvalue weighted by molar-refractivity contribution is 5.76. The van der Waals surface area contributed by atoms with Crippen molar-refractivity contribution < 1.29 is 22.7 Å². The minimum Gasteiger partial charge on any atom is -0.459 e. The van der Waals surface area contributed by atoms with Gasteiger partial charge in [0.2, 0.25) is 0 Å². The standard InChI is InChI=1S/C10H10F3NO2/c11-10(12,13)8(14)9(15)16-6-7-4-2-1-3-5-7/h1-5,8H,6,14H2. The van der Waals surface area contributed by atoms with Gasteiger partial charge in [-0.25, -0.2) is 4.79 Å². The van der Waals surface area contributed by atoms with E-state index in [1.807, 2.05) is 0 Å². The molecule has 1 aromatic carbocycles. The van der Waals surface area contributed by atoms with E-state index in [0.29, 0.717) is 5.56 Å². The summed E-state index contributed by atoms with van der Waals surface area (Å²) >= 11 is 0. The molecule has 0 saturated heterocycles. The van der Waals surface area contributed by atoms with E-state index in [4.69, 9.17) is 0 Å². The fraction of sp³-hybridized carbons (Fsp3) is 0.300. The first-order valence-electron chi connectivity index (χ1n) is 4.44. The lowest BCUT2D eigenvalue weighted by Gasteiger charge is -2.14. The largest absolute Gasteiger partial charge is 0.459 e. The van der Waals surface area contributed by atoms with Gasteiger partial charge in [-0.15, -0.1) is 0 Å². The third kappa shape index (κ3) is 3.54. The molecule has 0 aliphatic carbocycles. The van der Waals surface area contributed by atoms with Gasteiger partial charge in [0.15, 0.2) is 6.04 Å². The Bertz CT molecular complexity index is 351. The predicted molar refractivity (Wildman–Crippen MR) is 50.3 cm³/mol. The van der Waals surface area contributed by atoms with E-state index in [1.165, 1.54) is 0 Å². The number of alkyl halides is 3. The summed E-state index contributed by atoms with van der Waals surface area (Å²) in [7, 11) is 0. The van der Waals surface area contributed by atoms with Crippen molar-refractivity contribution in [2.45, 2.75) is 18.8 Å². The van der Waals surface area contributed by atoms with Crippen LogP contribution in [0.4, 0.5) is 13.2 Å². The lowest BCUT2D eigenvalue weighted by Crippen LogP contribution is -2.45. The Kier molecular flexibility index (Phi) is 3.89. The molecule has 0 heterocycles. The van der Waals surface area contributed by atoms with Crippen molar-refractivity contribution in [3.8, 4) is 0 Å². The summed E-state index contributed by atoms with van der Waals surface area (Å²) in [6.07, 6.45) is -4.77. The summed E-state index contributed by atoms with van der Waals surface area (Å²) in [6, 6.07) is 5.79. The molecule has 0 aliphatic rings. The van der Waals surface area contributed by atoms with Crippen LogP contribution in [-0.4, -0.2) is 18.2 Å². The van der Waals surface area contributed by atoms with Gasteiger partial charge in [0, 0.05) is 0 Å². The molecule has 1 unspecified atom stereocenters. The molecule has 88 valence electrons. The average molecular weight is 233 g/mol. The van der Waals surface area contributed by atoms with E-state index < -0.39 is 18.2 Å². The molecule has 0 amide bonds. The Balaban J connectivity index is 2.48. The zero-order valence-electron chi connectivity index (χ0n) is 8.20. The quantitative estimate of drug-likeness (QED) is 0.807. The van der Waals surface area contributed by atoms with Crippen LogP contribution in [0.5, 0.6) is 0 Å². The summed E-state index contributed by atoms with van der Waals surface area (Å²) in [4.78, 5) is 10.9. The smallest absolute Gasteiger partial charge is 0.414 e. The highest BCUT2D eigenvalue weighted by atomic mass is 19.4. The van der Waals surface area contributed by atoms with Gasteiger partial charge in [0.25, 0.3) is 0 Å². The van der Waals surface area contributed by atoms with E-state index in [0.717, 1.165) is 0 Å². The van der Waals surface area contributed by atoms with Crippen LogP contribution < -0.4 is 5.73 Å². The monoisotopic (exact) mass is 233 g/mol. The van der Waals surface area contributed by atoms with Crippen molar-refractivity contribution in [2.24, 2.45) is 5.73 Å². The summed E-state index contributed by atoms with van der Waals surface area (Å²) in [6.45, 7) is -0.219. The van der Waals surface area contributed by atoms with E-state index in [-0.39, 0.29) is 6.61 Å². The minimum absolute atomic E-state index is 0.219. The fourth-order valence-corrected chi connectivity index (χ4v) is 0.952. The molecule has 0 radical (unpaired) electrons. The first kappa shape index (κ1) is 12.5. The lowest BCUT2D eigenvalue weighted by atomic mass is 10.2. The van der Waals surface area contributed by atoms with Gasteiger partial charge in [-0.2, -0.15) is 13.2 Å². The normalized spacial score (nSPS) is 13.2. The fourth-order valence-electron chi connectivity index (χ4n) is 0.952. The summed E-state index contributed by atoms with van der Waals surface area (Å²) in [5.74, 6) is -1.48. The molecule has 1 atom stereocenters. The molecule has 16 heavy (non-hydrogen) atoms. The van der Waals surface area contributed by atoms with E-state index in [2.05, 4.69) is 10.5 Å². The highest BCUT2D eigenvalue weighted by Gasteiger charge is 2.43. The van der Waals surface area contributed by atoms with Crippen molar-refractivity contribution in [3.05, 3.63) is 35.9 Å². The molecule has 1 aromatic rings. The molecule has 0 aliphatic heterocycles.